The maximum atomic E-state index is 11.6. The van der Waals surface area contributed by atoms with E-state index in [4.69, 9.17) is 5.11 Å². The molecular formula is C11H16BrN3O2. The number of aromatic nitrogens is 1. The van der Waals surface area contributed by atoms with Gasteiger partial charge in [-0.2, -0.15) is 0 Å². The van der Waals surface area contributed by atoms with E-state index in [0.717, 1.165) is 0 Å². The first-order valence-electron chi connectivity index (χ1n) is 5.24. The van der Waals surface area contributed by atoms with Gasteiger partial charge in [0.25, 0.3) is 0 Å². The molecule has 0 aliphatic carbocycles. The SMILES string of the molecule is CC(C)(CCO)NC(=O)Nc1ccc(Br)nc1. The van der Waals surface area contributed by atoms with Crippen molar-refractivity contribution in [3.8, 4) is 0 Å². The summed E-state index contributed by atoms with van der Waals surface area (Å²) in [7, 11) is 0. The van der Waals surface area contributed by atoms with Crippen LogP contribution in [0.3, 0.4) is 0 Å². The molecular weight excluding hydrogens is 286 g/mol. The Morgan fingerprint density at radius 2 is 2.24 bits per heavy atom. The summed E-state index contributed by atoms with van der Waals surface area (Å²) in [5.41, 5.74) is 0.173. The van der Waals surface area contributed by atoms with E-state index in [0.29, 0.717) is 16.7 Å². The highest BCUT2D eigenvalue weighted by molar-refractivity contribution is 9.10. The number of carbonyl (C=O) groups is 1. The molecule has 17 heavy (non-hydrogen) atoms. The Kier molecular flexibility index (Phi) is 4.89. The second kappa shape index (κ2) is 5.97. The topological polar surface area (TPSA) is 74.2 Å². The molecule has 1 aromatic heterocycles. The molecule has 94 valence electrons. The Labute approximate surface area is 109 Å². The number of nitrogens with one attached hydrogen (secondary N) is 2. The van der Waals surface area contributed by atoms with Crippen molar-refractivity contribution in [2.24, 2.45) is 0 Å². The van der Waals surface area contributed by atoms with Crippen molar-refractivity contribution >= 4 is 27.6 Å². The third kappa shape index (κ3) is 5.14. The predicted octanol–water partition coefficient (Wildman–Crippen LogP) is 2.13. The molecule has 0 bridgehead atoms. The highest BCUT2D eigenvalue weighted by Gasteiger charge is 2.19. The van der Waals surface area contributed by atoms with Crippen LogP contribution in [0.5, 0.6) is 0 Å². The molecule has 6 heteroatoms. The molecule has 1 heterocycles. The molecule has 0 fully saturated rings. The number of halogens is 1. The number of hydrogen-bond donors (Lipinski definition) is 3. The first-order chi connectivity index (χ1) is 7.93. The molecule has 0 atom stereocenters. The summed E-state index contributed by atoms with van der Waals surface area (Å²) in [6, 6.07) is 3.18. The highest BCUT2D eigenvalue weighted by atomic mass is 79.9. The summed E-state index contributed by atoms with van der Waals surface area (Å²) < 4.78 is 0.712. The minimum absolute atomic E-state index is 0.0348. The van der Waals surface area contributed by atoms with Gasteiger partial charge in [0, 0.05) is 12.1 Å². The summed E-state index contributed by atoms with van der Waals surface area (Å²) in [5, 5.41) is 14.3. The summed E-state index contributed by atoms with van der Waals surface area (Å²) >= 11 is 3.21. The first kappa shape index (κ1) is 13.9. The molecule has 0 aliphatic heterocycles. The van der Waals surface area contributed by atoms with Gasteiger partial charge in [-0.1, -0.05) is 0 Å². The van der Waals surface area contributed by atoms with Crippen LogP contribution in [-0.4, -0.2) is 28.3 Å². The number of pyridine rings is 1. The predicted molar refractivity (Wildman–Crippen MR) is 69.9 cm³/mol. The van der Waals surface area contributed by atoms with Gasteiger partial charge in [-0.15, -0.1) is 0 Å². The molecule has 3 N–H and O–H groups in total. The summed E-state index contributed by atoms with van der Waals surface area (Å²) in [6.07, 6.45) is 2.06. The van der Waals surface area contributed by atoms with Crippen molar-refractivity contribution in [2.75, 3.05) is 11.9 Å². The van der Waals surface area contributed by atoms with Gasteiger partial charge in [0.2, 0.25) is 0 Å². The normalized spacial score (nSPS) is 11.1. The highest BCUT2D eigenvalue weighted by Crippen LogP contribution is 2.11. The Hall–Kier alpha value is -1.14. The van der Waals surface area contributed by atoms with E-state index in [1.165, 1.54) is 0 Å². The van der Waals surface area contributed by atoms with Crippen molar-refractivity contribution in [1.29, 1.82) is 0 Å². The average molecular weight is 302 g/mol. The number of rotatable bonds is 4. The molecule has 0 aromatic carbocycles. The Morgan fingerprint density at radius 1 is 1.53 bits per heavy atom. The smallest absolute Gasteiger partial charge is 0.319 e. The molecule has 1 aromatic rings. The van der Waals surface area contributed by atoms with Crippen LogP contribution in [-0.2, 0) is 0 Å². The summed E-state index contributed by atoms with van der Waals surface area (Å²) in [6.45, 7) is 3.73. The van der Waals surface area contributed by atoms with Crippen molar-refractivity contribution in [2.45, 2.75) is 25.8 Å². The fourth-order valence-electron chi connectivity index (χ4n) is 1.26. The van der Waals surface area contributed by atoms with Gasteiger partial charge in [-0.05, 0) is 48.3 Å². The molecule has 0 unspecified atom stereocenters. The van der Waals surface area contributed by atoms with Crippen LogP contribution in [0.2, 0.25) is 0 Å². The number of anilines is 1. The van der Waals surface area contributed by atoms with Crippen LogP contribution in [0.25, 0.3) is 0 Å². The number of hydrogen-bond acceptors (Lipinski definition) is 3. The van der Waals surface area contributed by atoms with Crippen LogP contribution < -0.4 is 10.6 Å². The number of aliphatic hydroxyl groups is 1. The molecule has 0 spiro atoms. The van der Waals surface area contributed by atoms with E-state index in [1.54, 1.807) is 18.3 Å². The number of urea groups is 1. The third-order valence-electron chi connectivity index (χ3n) is 2.17. The van der Waals surface area contributed by atoms with Crippen molar-refractivity contribution in [3.05, 3.63) is 22.9 Å². The van der Waals surface area contributed by atoms with Gasteiger partial charge in [0.15, 0.2) is 0 Å². The minimum Gasteiger partial charge on any atom is -0.396 e. The van der Waals surface area contributed by atoms with Crippen LogP contribution in [0.4, 0.5) is 10.5 Å². The molecule has 0 radical (unpaired) electrons. The number of aliphatic hydroxyl groups excluding tert-OH is 1. The standard InChI is InChI=1S/C11H16BrN3O2/c1-11(2,5-6-16)15-10(17)14-8-3-4-9(12)13-7-8/h3-4,7,16H,5-6H2,1-2H3,(H2,14,15,17). The lowest BCUT2D eigenvalue weighted by Crippen LogP contribution is -2.46. The molecule has 2 amide bonds. The Balaban J connectivity index is 2.52. The van der Waals surface area contributed by atoms with Gasteiger partial charge in [-0.25, -0.2) is 9.78 Å². The number of nitrogens with zero attached hydrogens (tertiary/aromatic N) is 1. The van der Waals surface area contributed by atoms with E-state index in [9.17, 15) is 4.79 Å². The quantitative estimate of drug-likeness (QED) is 0.746. The zero-order chi connectivity index (χ0) is 12.9. The fraction of sp³-hybridized carbons (Fsp3) is 0.455. The van der Waals surface area contributed by atoms with Crippen LogP contribution in [0.15, 0.2) is 22.9 Å². The molecule has 0 saturated carbocycles. The maximum absolute atomic E-state index is 11.6. The van der Waals surface area contributed by atoms with E-state index < -0.39 is 5.54 Å². The second-order valence-electron chi connectivity index (χ2n) is 4.31. The molecule has 0 saturated heterocycles. The second-order valence-corrected chi connectivity index (χ2v) is 5.12. The van der Waals surface area contributed by atoms with Crippen molar-refractivity contribution < 1.29 is 9.90 Å². The van der Waals surface area contributed by atoms with Crippen LogP contribution >= 0.6 is 15.9 Å². The Bertz CT molecular complexity index is 379. The lowest BCUT2D eigenvalue weighted by molar-refractivity contribution is 0.218. The zero-order valence-electron chi connectivity index (χ0n) is 9.83. The van der Waals surface area contributed by atoms with E-state index >= 15 is 0 Å². The summed E-state index contributed by atoms with van der Waals surface area (Å²) in [5.74, 6) is 0. The maximum Gasteiger partial charge on any atom is 0.319 e. The summed E-state index contributed by atoms with van der Waals surface area (Å²) in [4.78, 5) is 15.6. The Morgan fingerprint density at radius 3 is 2.76 bits per heavy atom. The minimum atomic E-state index is -0.443. The monoisotopic (exact) mass is 301 g/mol. The zero-order valence-corrected chi connectivity index (χ0v) is 11.4. The van der Waals surface area contributed by atoms with Gasteiger partial charge in [0.05, 0.1) is 11.9 Å². The molecule has 5 nitrogen and oxygen atoms in total. The first-order valence-corrected chi connectivity index (χ1v) is 6.04. The average Bonchev–Trinajstić information content (AvgIpc) is 2.20. The lowest BCUT2D eigenvalue weighted by atomic mass is 10.0. The number of amides is 2. The van der Waals surface area contributed by atoms with E-state index in [-0.39, 0.29) is 12.6 Å². The molecule has 1 rings (SSSR count). The van der Waals surface area contributed by atoms with Crippen molar-refractivity contribution in [3.63, 3.8) is 0 Å². The van der Waals surface area contributed by atoms with Gasteiger partial charge < -0.3 is 15.7 Å². The lowest BCUT2D eigenvalue weighted by Gasteiger charge is -2.25. The fourth-order valence-corrected chi connectivity index (χ4v) is 1.50. The number of carbonyl (C=O) groups excluding carboxylic acids is 1. The van der Waals surface area contributed by atoms with Gasteiger partial charge >= 0.3 is 6.03 Å². The van der Waals surface area contributed by atoms with Crippen LogP contribution in [0, 0.1) is 0 Å². The van der Waals surface area contributed by atoms with Crippen molar-refractivity contribution in [1.82, 2.24) is 10.3 Å². The van der Waals surface area contributed by atoms with Gasteiger partial charge in [0.1, 0.15) is 4.60 Å². The molecule has 0 aliphatic rings. The van der Waals surface area contributed by atoms with Gasteiger partial charge in [-0.3, -0.25) is 0 Å². The van der Waals surface area contributed by atoms with Crippen LogP contribution in [0.1, 0.15) is 20.3 Å². The van der Waals surface area contributed by atoms with E-state index in [2.05, 4.69) is 31.5 Å². The van der Waals surface area contributed by atoms with E-state index in [1.807, 2.05) is 13.8 Å². The third-order valence-corrected chi connectivity index (χ3v) is 2.64. The largest absolute Gasteiger partial charge is 0.396 e.